The second-order valence-electron chi connectivity index (χ2n) is 4.75. The van der Waals surface area contributed by atoms with Crippen LogP contribution in [0.3, 0.4) is 0 Å². The zero-order valence-electron chi connectivity index (χ0n) is 13.5. The molecule has 1 N–H and O–H groups in total. The number of benzene rings is 1. The van der Waals surface area contributed by atoms with Crippen molar-refractivity contribution in [3.05, 3.63) is 38.9 Å². The first kappa shape index (κ1) is 20.4. The van der Waals surface area contributed by atoms with E-state index in [-0.39, 0.29) is 36.1 Å². The highest BCUT2D eigenvalue weighted by molar-refractivity contribution is 6.31. The van der Waals surface area contributed by atoms with Gasteiger partial charge in [-0.3, -0.25) is 19.7 Å². The molecule has 0 aromatic heterocycles. The highest BCUT2D eigenvalue weighted by Gasteiger charge is 2.22. The summed E-state index contributed by atoms with van der Waals surface area (Å²) in [6, 6.07) is 3.44. The molecule has 25 heavy (non-hydrogen) atoms. The fourth-order valence-electron chi connectivity index (χ4n) is 1.78. The Hall–Kier alpha value is -2.68. The molecule has 1 rings (SSSR count). The van der Waals surface area contributed by atoms with Crippen molar-refractivity contribution in [2.24, 2.45) is 0 Å². The van der Waals surface area contributed by atoms with Crippen LogP contribution < -0.4 is 5.32 Å². The SMILES string of the molecule is CCOC(=O)CCCNC(=O)COC(=O)c1cc(Cl)ccc1[N+](=O)[O-]. The lowest BCUT2D eigenvalue weighted by Crippen LogP contribution is -2.30. The first-order valence-corrected chi connectivity index (χ1v) is 7.76. The Morgan fingerprint density at radius 2 is 2.00 bits per heavy atom. The van der Waals surface area contributed by atoms with Crippen LogP contribution in [-0.2, 0) is 19.1 Å². The average molecular weight is 373 g/mol. The summed E-state index contributed by atoms with van der Waals surface area (Å²) >= 11 is 5.71. The molecule has 0 saturated carbocycles. The number of hydrogen-bond acceptors (Lipinski definition) is 7. The fourth-order valence-corrected chi connectivity index (χ4v) is 1.96. The maximum atomic E-state index is 11.9. The van der Waals surface area contributed by atoms with Gasteiger partial charge in [-0.2, -0.15) is 0 Å². The van der Waals surface area contributed by atoms with Crippen LogP contribution in [0.15, 0.2) is 18.2 Å². The summed E-state index contributed by atoms with van der Waals surface area (Å²) in [6.07, 6.45) is 0.529. The smallest absolute Gasteiger partial charge is 0.345 e. The molecule has 0 aliphatic rings. The molecule has 0 saturated heterocycles. The van der Waals surface area contributed by atoms with Gasteiger partial charge in [-0.15, -0.1) is 0 Å². The molecule has 0 aliphatic heterocycles. The van der Waals surface area contributed by atoms with Gasteiger partial charge in [0.25, 0.3) is 11.6 Å². The summed E-state index contributed by atoms with van der Waals surface area (Å²) in [5.74, 6) is -1.99. The van der Waals surface area contributed by atoms with Crippen molar-refractivity contribution >= 4 is 35.1 Å². The number of rotatable bonds is 9. The van der Waals surface area contributed by atoms with E-state index in [4.69, 9.17) is 21.1 Å². The highest BCUT2D eigenvalue weighted by atomic mass is 35.5. The largest absolute Gasteiger partial charge is 0.466 e. The van der Waals surface area contributed by atoms with Crippen LogP contribution >= 0.6 is 11.6 Å². The van der Waals surface area contributed by atoms with E-state index in [1.165, 1.54) is 6.07 Å². The van der Waals surface area contributed by atoms with E-state index < -0.39 is 29.1 Å². The van der Waals surface area contributed by atoms with Crippen molar-refractivity contribution in [2.45, 2.75) is 19.8 Å². The first-order chi connectivity index (χ1) is 11.8. The van der Waals surface area contributed by atoms with Gasteiger partial charge < -0.3 is 14.8 Å². The van der Waals surface area contributed by atoms with Crippen molar-refractivity contribution in [1.29, 1.82) is 0 Å². The summed E-state index contributed by atoms with van der Waals surface area (Å²) < 4.78 is 9.48. The second kappa shape index (κ2) is 10.2. The van der Waals surface area contributed by atoms with Gasteiger partial charge in [0.1, 0.15) is 5.56 Å². The Morgan fingerprint density at radius 1 is 1.28 bits per heavy atom. The molecule has 0 heterocycles. The standard InChI is InChI=1S/C15H17ClN2O7/c1-2-24-14(20)4-3-7-17-13(19)9-25-15(21)11-8-10(16)5-6-12(11)18(22)23/h5-6,8H,2-4,7,9H2,1H3,(H,17,19). The molecular weight excluding hydrogens is 356 g/mol. The Morgan fingerprint density at radius 3 is 2.64 bits per heavy atom. The van der Waals surface area contributed by atoms with Crippen LogP contribution in [0.25, 0.3) is 0 Å². The molecule has 1 aromatic carbocycles. The van der Waals surface area contributed by atoms with Gasteiger partial charge in [-0.05, 0) is 25.5 Å². The van der Waals surface area contributed by atoms with Crippen molar-refractivity contribution in [3.63, 3.8) is 0 Å². The zero-order chi connectivity index (χ0) is 18.8. The lowest BCUT2D eigenvalue weighted by Gasteiger charge is -2.07. The van der Waals surface area contributed by atoms with E-state index in [0.717, 1.165) is 12.1 Å². The van der Waals surface area contributed by atoms with Crippen LogP contribution in [0.1, 0.15) is 30.1 Å². The topological polar surface area (TPSA) is 125 Å². The number of carbonyl (C=O) groups excluding carboxylic acids is 3. The van der Waals surface area contributed by atoms with E-state index in [1.54, 1.807) is 6.92 Å². The number of ether oxygens (including phenoxy) is 2. The van der Waals surface area contributed by atoms with Gasteiger partial charge in [-0.1, -0.05) is 11.6 Å². The van der Waals surface area contributed by atoms with E-state index >= 15 is 0 Å². The molecule has 0 bridgehead atoms. The van der Waals surface area contributed by atoms with E-state index in [9.17, 15) is 24.5 Å². The van der Waals surface area contributed by atoms with E-state index in [1.807, 2.05) is 0 Å². The molecule has 0 fully saturated rings. The fraction of sp³-hybridized carbons (Fsp3) is 0.400. The molecule has 10 heteroatoms. The molecule has 0 aliphatic carbocycles. The molecule has 0 unspecified atom stereocenters. The monoisotopic (exact) mass is 372 g/mol. The highest BCUT2D eigenvalue weighted by Crippen LogP contribution is 2.23. The maximum Gasteiger partial charge on any atom is 0.345 e. The molecule has 0 atom stereocenters. The molecule has 1 aromatic rings. The molecule has 9 nitrogen and oxygen atoms in total. The summed E-state index contributed by atoms with van der Waals surface area (Å²) in [6.45, 7) is 1.57. The quantitative estimate of drug-likeness (QED) is 0.303. The maximum absolute atomic E-state index is 11.9. The number of nitrogens with zero attached hydrogens (tertiary/aromatic N) is 1. The molecular formula is C15H17ClN2O7. The van der Waals surface area contributed by atoms with Gasteiger partial charge in [0.2, 0.25) is 0 Å². The predicted octanol–water partition coefficient (Wildman–Crippen LogP) is 1.86. The third-order valence-corrected chi connectivity index (χ3v) is 3.13. The summed E-state index contributed by atoms with van der Waals surface area (Å²) in [7, 11) is 0. The number of hydrogen-bond donors (Lipinski definition) is 1. The van der Waals surface area contributed by atoms with Crippen molar-refractivity contribution in [2.75, 3.05) is 19.8 Å². The van der Waals surface area contributed by atoms with Crippen LogP contribution in [-0.4, -0.2) is 42.5 Å². The van der Waals surface area contributed by atoms with Gasteiger partial charge in [0, 0.05) is 24.1 Å². The number of esters is 2. The van der Waals surface area contributed by atoms with Crippen molar-refractivity contribution in [1.82, 2.24) is 5.32 Å². The molecule has 0 spiro atoms. The minimum absolute atomic E-state index is 0.126. The Labute approximate surface area is 148 Å². The third kappa shape index (κ3) is 7.17. The summed E-state index contributed by atoms with van der Waals surface area (Å²) in [4.78, 5) is 44.7. The van der Waals surface area contributed by atoms with Gasteiger partial charge in [0.05, 0.1) is 11.5 Å². The number of nitro benzene ring substituents is 1. The second-order valence-corrected chi connectivity index (χ2v) is 5.19. The van der Waals surface area contributed by atoms with Gasteiger partial charge >= 0.3 is 11.9 Å². The zero-order valence-corrected chi connectivity index (χ0v) is 14.2. The average Bonchev–Trinajstić information content (AvgIpc) is 2.56. The summed E-state index contributed by atoms with van der Waals surface area (Å²) in [5, 5.41) is 13.5. The minimum atomic E-state index is -1.03. The number of carbonyl (C=O) groups is 3. The number of nitrogens with one attached hydrogen (secondary N) is 1. The molecule has 1 amide bonds. The van der Waals surface area contributed by atoms with E-state index in [2.05, 4.69) is 5.32 Å². The Kier molecular flexibility index (Phi) is 8.34. The van der Waals surface area contributed by atoms with Crippen molar-refractivity contribution < 1.29 is 28.8 Å². The lowest BCUT2D eigenvalue weighted by atomic mass is 10.2. The number of halogens is 1. The first-order valence-electron chi connectivity index (χ1n) is 7.38. The van der Waals surface area contributed by atoms with Crippen LogP contribution in [0, 0.1) is 10.1 Å². The predicted molar refractivity (Wildman–Crippen MR) is 87.3 cm³/mol. The molecule has 136 valence electrons. The lowest BCUT2D eigenvalue weighted by molar-refractivity contribution is -0.385. The summed E-state index contributed by atoms with van der Waals surface area (Å²) in [5.41, 5.74) is -0.808. The number of amides is 1. The van der Waals surface area contributed by atoms with E-state index in [0.29, 0.717) is 6.42 Å². The normalized spacial score (nSPS) is 10.0. The van der Waals surface area contributed by atoms with Crippen LogP contribution in [0.2, 0.25) is 5.02 Å². The van der Waals surface area contributed by atoms with Gasteiger partial charge in [-0.25, -0.2) is 4.79 Å². The number of nitro groups is 1. The van der Waals surface area contributed by atoms with Crippen LogP contribution in [0.5, 0.6) is 0 Å². The van der Waals surface area contributed by atoms with Crippen LogP contribution in [0.4, 0.5) is 5.69 Å². The molecule has 0 radical (unpaired) electrons. The Balaban J connectivity index is 2.44. The van der Waals surface area contributed by atoms with Gasteiger partial charge in [0.15, 0.2) is 6.61 Å². The van der Waals surface area contributed by atoms with Crippen molar-refractivity contribution in [3.8, 4) is 0 Å². The Bertz CT molecular complexity index is 663. The third-order valence-electron chi connectivity index (χ3n) is 2.89. The minimum Gasteiger partial charge on any atom is -0.466 e.